The first kappa shape index (κ1) is 20.4. The summed E-state index contributed by atoms with van der Waals surface area (Å²) in [5.41, 5.74) is -2.86. The van der Waals surface area contributed by atoms with Gasteiger partial charge in [-0.3, -0.25) is 0 Å². The molecule has 2 atom stereocenters. The van der Waals surface area contributed by atoms with E-state index in [0.717, 1.165) is 12.1 Å². The van der Waals surface area contributed by atoms with E-state index in [-0.39, 0.29) is 19.6 Å². The van der Waals surface area contributed by atoms with Gasteiger partial charge in [0.15, 0.2) is 23.3 Å². The topological polar surface area (TPSA) is 0 Å². The van der Waals surface area contributed by atoms with Crippen molar-refractivity contribution in [2.24, 2.45) is 0 Å². The number of rotatable bonds is 6. The smallest absolute Gasteiger partial charge is 0.173 e. The van der Waals surface area contributed by atoms with Gasteiger partial charge in [0.05, 0.1) is 9.79 Å². The number of benzene rings is 2. The Labute approximate surface area is 153 Å². The van der Waals surface area contributed by atoms with Gasteiger partial charge in [0.1, 0.15) is 11.0 Å². The van der Waals surface area contributed by atoms with Crippen LogP contribution in [-0.4, -0.2) is 11.0 Å². The molecule has 0 aliphatic carbocycles. The van der Waals surface area contributed by atoms with Crippen molar-refractivity contribution in [3.63, 3.8) is 0 Å². The Hall–Kier alpha value is -0.930. The van der Waals surface area contributed by atoms with Crippen molar-refractivity contribution in [1.82, 2.24) is 0 Å². The van der Waals surface area contributed by atoms with E-state index in [1.54, 1.807) is 0 Å². The third-order valence-electron chi connectivity index (χ3n) is 2.82. The van der Waals surface area contributed by atoms with E-state index in [4.69, 9.17) is 0 Å². The molecular formula is C16H12F6S3. The van der Waals surface area contributed by atoms with Gasteiger partial charge in [-0.2, -0.15) is 0 Å². The lowest BCUT2D eigenvalue weighted by Gasteiger charge is -2.11. The van der Waals surface area contributed by atoms with Crippen molar-refractivity contribution >= 4 is 35.3 Å². The fourth-order valence-corrected chi connectivity index (χ4v) is 4.08. The molecule has 0 N–H and O–H groups in total. The molecule has 0 radical (unpaired) electrons. The molecule has 0 saturated carbocycles. The highest BCUT2D eigenvalue weighted by Gasteiger charge is 2.20. The van der Waals surface area contributed by atoms with Gasteiger partial charge in [0.25, 0.3) is 0 Å². The zero-order valence-electron chi connectivity index (χ0n) is 13.0. The molecule has 0 spiro atoms. The minimum Gasteiger partial charge on any atom is -0.236 e. The molecule has 9 heteroatoms. The maximum Gasteiger partial charge on any atom is 0.173 e. The van der Waals surface area contributed by atoms with E-state index >= 15 is 0 Å². The van der Waals surface area contributed by atoms with E-state index in [9.17, 15) is 26.3 Å². The average molecular weight is 414 g/mol. The Bertz CT molecular complexity index is 701. The van der Waals surface area contributed by atoms with Crippen LogP contribution in [0.2, 0.25) is 0 Å². The number of alkyl halides is 2. The first-order chi connectivity index (χ1) is 11.7. The van der Waals surface area contributed by atoms with Gasteiger partial charge >= 0.3 is 0 Å². The summed E-state index contributed by atoms with van der Waals surface area (Å²) in [6.45, 7) is 2.36. The summed E-state index contributed by atoms with van der Waals surface area (Å²) < 4.78 is 81.8. The van der Waals surface area contributed by atoms with E-state index in [1.807, 2.05) is 0 Å². The molecule has 2 unspecified atom stereocenters. The van der Waals surface area contributed by atoms with Gasteiger partial charge in [-0.05, 0) is 38.1 Å². The number of hydrogen-bond acceptors (Lipinski definition) is 3. The Morgan fingerprint density at radius 2 is 0.880 bits per heavy atom. The third kappa shape index (κ3) is 5.04. The van der Waals surface area contributed by atoms with Gasteiger partial charge in [-0.25, -0.2) is 26.3 Å². The van der Waals surface area contributed by atoms with Crippen LogP contribution in [0.1, 0.15) is 13.8 Å². The molecular weight excluding hydrogens is 402 g/mol. The molecule has 2 aromatic carbocycles. The number of hydrogen-bond donors (Lipinski definition) is 0. The predicted octanol–water partition coefficient (Wildman–Crippen LogP) is 7.21. The van der Waals surface area contributed by atoms with Crippen molar-refractivity contribution in [2.45, 2.75) is 44.4 Å². The van der Waals surface area contributed by atoms with Gasteiger partial charge in [0, 0.05) is 9.79 Å². The SMILES string of the molecule is CC(F)Sc1ccc(Sc2ccc(SC(C)F)c(F)c2F)c(F)c1F. The molecule has 0 fully saturated rings. The standard InChI is InChI=1S/C16H12F6S3/c1-7(17)23-9-3-5-11(15(21)13(9)19)25-12-6-4-10(24-8(2)18)14(20)16(12)22/h3-8H,1-2H3. The molecule has 0 saturated heterocycles. The zero-order chi connectivity index (χ0) is 18.7. The lowest BCUT2D eigenvalue weighted by molar-refractivity contribution is 0.464. The molecule has 2 aromatic rings. The Balaban J connectivity index is 2.31. The number of thioether (sulfide) groups is 2. The van der Waals surface area contributed by atoms with E-state index in [0.29, 0.717) is 35.3 Å². The van der Waals surface area contributed by atoms with Crippen LogP contribution in [0.5, 0.6) is 0 Å². The highest BCUT2D eigenvalue weighted by atomic mass is 32.2. The Morgan fingerprint density at radius 3 is 1.20 bits per heavy atom. The second kappa shape index (κ2) is 8.64. The van der Waals surface area contributed by atoms with E-state index in [2.05, 4.69) is 0 Å². The molecule has 0 aromatic heterocycles. The van der Waals surface area contributed by atoms with Crippen LogP contribution in [0.15, 0.2) is 43.8 Å². The summed E-state index contributed by atoms with van der Waals surface area (Å²) in [5.74, 6) is -5.05. The summed E-state index contributed by atoms with van der Waals surface area (Å²) in [6.07, 6.45) is 0. The summed E-state index contributed by atoms with van der Waals surface area (Å²) >= 11 is 1.50. The molecule has 0 amide bonds. The van der Waals surface area contributed by atoms with Crippen LogP contribution in [0, 0.1) is 23.3 Å². The summed E-state index contributed by atoms with van der Waals surface area (Å²) in [6, 6.07) is 4.67. The van der Waals surface area contributed by atoms with Crippen LogP contribution >= 0.6 is 35.3 Å². The molecule has 2 rings (SSSR count). The first-order valence-corrected chi connectivity index (χ1v) is 9.53. The maximum absolute atomic E-state index is 14.1. The van der Waals surface area contributed by atoms with Crippen molar-refractivity contribution in [3.05, 3.63) is 47.5 Å². The fourth-order valence-electron chi connectivity index (χ4n) is 1.84. The van der Waals surface area contributed by atoms with Crippen molar-refractivity contribution in [1.29, 1.82) is 0 Å². The second-order valence-corrected chi connectivity index (χ2v) is 8.54. The lowest BCUT2D eigenvalue weighted by atomic mass is 10.3. The van der Waals surface area contributed by atoms with Crippen LogP contribution in [0.25, 0.3) is 0 Å². The summed E-state index contributed by atoms with van der Waals surface area (Å²) in [5, 5.41) is 0. The molecule has 0 aliphatic heterocycles. The van der Waals surface area contributed by atoms with Gasteiger partial charge < -0.3 is 0 Å². The Kier molecular flexibility index (Phi) is 7.04. The van der Waals surface area contributed by atoms with Crippen LogP contribution in [0.3, 0.4) is 0 Å². The van der Waals surface area contributed by atoms with Gasteiger partial charge in [-0.1, -0.05) is 35.3 Å². The minimum absolute atomic E-state index is 0.216. The zero-order valence-corrected chi connectivity index (χ0v) is 15.4. The highest BCUT2D eigenvalue weighted by Crippen LogP contribution is 2.39. The van der Waals surface area contributed by atoms with Crippen LogP contribution in [-0.2, 0) is 0 Å². The maximum atomic E-state index is 14.1. The molecule has 0 heterocycles. The van der Waals surface area contributed by atoms with Crippen LogP contribution in [0.4, 0.5) is 26.3 Å². The molecule has 25 heavy (non-hydrogen) atoms. The number of halogens is 6. The second-order valence-electron chi connectivity index (χ2n) is 4.80. The van der Waals surface area contributed by atoms with Crippen molar-refractivity contribution in [2.75, 3.05) is 0 Å². The molecule has 0 nitrogen and oxygen atoms in total. The van der Waals surface area contributed by atoms with Crippen molar-refractivity contribution < 1.29 is 26.3 Å². The average Bonchev–Trinajstić information content (AvgIpc) is 2.53. The quantitative estimate of drug-likeness (QED) is 0.362. The van der Waals surface area contributed by atoms with Crippen molar-refractivity contribution in [3.8, 4) is 0 Å². The normalized spacial score (nSPS) is 13.8. The minimum atomic E-state index is -1.43. The Morgan fingerprint density at radius 1 is 0.600 bits per heavy atom. The van der Waals surface area contributed by atoms with Crippen LogP contribution < -0.4 is 0 Å². The monoisotopic (exact) mass is 414 g/mol. The summed E-state index contributed by atoms with van der Waals surface area (Å²) in [4.78, 5) is -0.976. The lowest BCUT2D eigenvalue weighted by Crippen LogP contribution is -1.96. The molecule has 136 valence electrons. The van der Waals surface area contributed by atoms with E-state index < -0.39 is 34.3 Å². The first-order valence-electron chi connectivity index (χ1n) is 6.96. The predicted molar refractivity (Wildman–Crippen MR) is 89.7 cm³/mol. The summed E-state index contributed by atoms with van der Waals surface area (Å²) in [7, 11) is 0. The largest absolute Gasteiger partial charge is 0.236 e. The highest BCUT2D eigenvalue weighted by molar-refractivity contribution is 8.00. The fraction of sp³-hybridized carbons (Fsp3) is 0.250. The molecule has 0 bridgehead atoms. The van der Waals surface area contributed by atoms with Gasteiger partial charge in [0.2, 0.25) is 0 Å². The van der Waals surface area contributed by atoms with Gasteiger partial charge in [-0.15, -0.1) is 0 Å². The molecule has 0 aliphatic rings. The van der Waals surface area contributed by atoms with E-state index in [1.165, 1.54) is 26.0 Å². The third-order valence-corrected chi connectivity index (χ3v) is 5.68.